The molecule has 0 fully saturated rings. The number of hydrogen-bond acceptors (Lipinski definition) is 4. The third kappa shape index (κ3) is 4.27. The van der Waals surface area contributed by atoms with Gasteiger partial charge in [0.05, 0.1) is 5.69 Å². The molecule has 0 saturated heterocycles. The molecule has 0 aliphatic rings. The lowest BCUT2D eigenvalue weighted by molar-refractivity contribution is 0.869. The fourth-order valence-corrected chi connectivity index (χ4v) is 3.65. The number of anilines is 1. The number of thiazole rings is 1. The van der Waals surface area contributed by atoms with E-state index in [4.69, 9.17) is 0 Å². The van der Waals surface area contributed by atoms with Crippen LogP contribution in [0.4, 0.5) is 5.69 Å². The Balaban J connectivity index is 1.87. The van der Waals surface area contributed by atoms with E-state index in [9.17, 15) is 5.26 Å². The molecule has 1 aromatic heterocycles. The average Bonchev–Trinajstić information content (AvgIpc) is 3.14. The molecule has 0 aliphatic heterocycles. The van der Waals surface area contributed by atoms with Gasteiger partial charge in [-0.2, -0.15) is 5.26 Å². The molecule has 3 nitrogen and oxygen atoms in total. The van der Waals surface area contributed by atoms with Gasteiger partial charge in [-0.15, -0.1) is 11.3 Å². The van der Waals surface area contributed by atoms with Crippen LogP contribution in [0.15, 0.2) is 54.0 Å². The van der Waals surface area contributed by atoms with Gasteiger partial charge in [-0.05, 0) is 48.6 Å². The first-order valence-corrected chi connectivity index (χ1v) is 9.87. The lowest BCUT2D eigenvalue weighted by Crippen LogP contribution is -1.97. The summed E-state index contributed by atoms with van der Waals surface area (Å²) in [5.41, 5.74) is 7.27. The molecule has 3 rings (SSSR count). The summed E-state index contributed by atoms with van der Waals surface area (Å²) in [4.78, 5) is 4.68. The van der Waals surface area contributed by atoms with Crippen LogP contribution in [0.25, 0.3) is 16.8 Å². The zero-order valence-electron chi connectivity index (χ0n) is 16.1. The van der Waals surface area contributed by atoms with Crippen molar-refractivity contribution in [1.82, 2.24) is 4.98 Å². The molecule has 0 atom stereocenters. The van der Waals surface area contributed by atoms with Crippen molar-refractivity contribution < 1.29 is 0 Å². The molecular weight excluding hydrogens is 350 g/mol. The Kier molecular flexibility index (Phi) is 5.73. The Labute approximate surface area is 165 Å². The highest BCUT2D eigenvalue weighted by Gasteiger charge is 2.10. The molecule has 1 N–H and O–H groups in total. The fraction of sp³-hybridized carbons (Fsp3) is 0.217. The van der Waals surface area contributed by atoms with Crippen LogP contribution in [0.3, 0.4) is 0 Å². The van der Waals surface area contributed by atoms with Crippen molar-refractivity contribution in [3.05, 3.63) is 75.7 Å². The Morgan fingerprint density at radius 1 is 1.15 bits per heavy atom. The number of allylic oxidation sites excluding steroid dienone is 1. The molecule has 3 aromatic rings. The predicted molar refractivity (Wildman–Crippen MR) is 115 cm³/mol. The van der Waals surface area contributed by atoms with Gasteiger partial charge in [0.2, 0.25) is 0 Å². The van der Waals surface area contributed by atoms with Crippen molar-refractivity contribution in [3.63, 3.8) is 0 Å². The number of benzene rings is 2. The fourth-order valence-electron chi connectivity index (χ4n) is 2.85. The second kappa shape index (κ2) is 8.20. The van der Waals surface area contributed by atoms with Crippen molar-refractivity contribution in [1.29, 1.82) is 5.26 Å². The standard InChI is InChI=1S/C23H23N3S/c1-15(2)20-7-5-6-8-21(20)25-13-19(12-24)23-26-22(14-27-23)18-10-9-16(3)17(4)11-18/h5-11,13-15,25H,1-4H3/b19-13+. The Hall–Kier alpha value is -2.90. The minimum Gasteiger partial charge on any atom is -0.360 e. The second-order valence-corrected chi connectivity index (χ2v) is 7.75. The van der Waals surface area contributed by atoms with Gasteiger partial charge in [-0.1, -0.05) is 44.2 Å². The molecule has 0 unspecified atom stereocenters. The summed E-state index contributed by atoms with van der Waals surface area (Å²) in [6.07, 6.45) is 1.75. The summed E-state index contributed by atoms with van der Waals surface area (Å²) >= 11 is 1.49. The number of aromatic nitrogens is 1. The Bertz CT molecular complexity index is 1020. The summed E-state index contributed by atoms with van der Waals surface area (Å²) in [6.45, 7) is 8.52. The molecule has 2 aromatic carbocycles. The SMILES string of the molecule is Cc1ccc(-c2csc(/C(C#N)=C/Nc3ccccc3C(C)C)n2)cc1C. The van der Waals surface area contributed by atoms with Crippen LogP contribution in [0.2, 0.25) is 0 Å². The maximum atomic E-state index is 9.60. The largest absolute Gasteiger partial charge is 0.360 e. The third-order valence-electron chi connectivity index (χ3n) is 4.61. The molecule has 0 amide bonds. The van der Waals surface area contributed by atoms with Crippen LogP contribution in [-0.2, 0) is 0 Å². The lowest BCUT2D eigenvalue weighted by Gasteiger charge is -2.12. The first kappa shape index (κ1) is 18.9. The number of rotatable bonds is 5. The van der Waals surface area contributed by atoms with Crippen LogP contribution in [0, 0.1) is 25.2 Å². The van der Waals surface area contributed by atoms with Crippen LogP contribution < -0.4 is 5.32 Å². The molecular formula is C23H23N3S. The number of hydrogen-bond donors (Lipinski definition) is 1. The zero-order valence-corrected chi connectivity index (χ0v) is 16.9. The van der Waals surface area contributed by atoms with Gasteiger partial charge in [0.1, 0.15) is 16.6 Å². The van der Waals surface area contributed by atoms with E-state index in [1.807, 2.05) is 23.6 Å². The third-order valence-corrected chi connectivity index (χ3v) is 5.49. The quantitative estimate of drug-likeness (QED) is 0.517. The average molecular weight is 374 g/mol. The molecule has 136 valence electrons. The van der Waals surface area contributed by atoms with E-state index in [-0.39, 0.29) is 0 Å². The van der Waals surface area contributed by atoms with Crippen LogP contribution in [0.1, 0.15) is 41.5 Å². The van der Waals surface area contributed by atoms with Crippen molar-refractivity contribution in [2.75, 3.05) is 5.32 Å². The van der Waals surface area contributed by atoms with E-state index < -0.39 is 0 Å². The van der Waals surface area contributed by atoms with Crippen molar-refractivity contribution >= 4 is 22.6 Å². The zero-order chi connectivity index (χ0) is 19.4. The number of aryl methyl sites for hydroxylation is 2. The van der Waals surface area contributed by atoms with E-state index in [1.165, 1.54) is 28.0 Å². The summed E-state index contributed by atoms with van der Waals surface area (Å²) in [5.74, 6) is 0.406. The summed E-state index contributed by atoms with van der Waals surface area (Å²) in [7, 11) is 0. The lowest BCUT2D eigenvalue weighted by atomic mass is 10.0. The molecule has 0 radical (unpaired) electrons. The van der Waals surface area contributed by atoms with Crippen LogP contribution >= 0.6 is 11.3 Å². The number of para-hydroxylation sites is 1. The monoisotopic (exact) mass is 373 g/mol. The van der Waals surface area contributed by atoms with Crippen LogP contribution in [0.5, 0.6) is 0 Å². The summed E-state index contributed by atoms with van der Waals surface area (Å²) in [5, 5.41) is 15.6. The minimum atomic E-state index is 0.406. The molecule has 0 aliphatic carbocycles. The van der Waals surface area contributed by atoms with E-state index in [0.717, 1.165) is 22.0 Å². The normalized spacial score (nSPS) is 11.5. The smallest absolute Gasteiger partial charge is 0.136 e. The van der Waals surface area contributed by atoms with Gasteiger partial charge in [-0.3, -0.25) is 0 Å². The van der Waals surface area contributed by atoms with Gasteiger partial charge in [0.25, 0.3) is 0 Å². The number of nitrogens with one attached hydrogen (secondary N) is 1. The molecule has 4 heteroatoms. The predicted octanol–water partition coefficient (Wildman–Crippen LogP) is 6.53. The van der Waals surface area contributed by atoms with Crippen molar-refractivity contribution in [2.24, 2.45) is 0 Å². The molecule has 0 bridgehead atoms. The number of nitrogens with zero attached hydrogens (tertiary/aromatic N) is 2. The first-order chi connectivity index (χ1) is 13.0. The molecule has 0 spiro atoms. The molecule has 0 saturated carbocycles. The topological polar surface area (TPSA) is 48.7 Å². The Morgan fingerprint density at radius 2 is 1.93 bits per heavy atom. The maximum Gasteiger partial charge on any atom is 0.136 e. The summed E-state index contributed by atoms with van der Waals surface area (Å²) < 4.78 is 0. The van der Waals surface area contributed by atoms with E-state index >= 15 is 0 Å². The van der Waals surface area contributed by atoms with Crippen LogP contribution in [-0.4, -0.2) is 4.98 Å². The van der Waals surface area contributed by atoms with Crippen molar-refractivity contribution in [3.8, 4) is 17.3 Å². The molecule has 1 heterocycles. The van der Waals surface area contributed by atoms with Gasteiger partial charge < -0.3 is 5.32 Å². The van der Waals surface area contributed by atoms with E-state index in [2.05, 4.69) is 68.3 Å². The van der Waals surface area contributed by atoms with Crippen molar-refractivity contribution in [2.45, 2.75) is 33.6 Å². The highest BCUT2D eigenvalue weighted by Crippen LogP contribution is 2.28. The van der Waals surface area contributed by atoms with E-state index in [0.29, 0.717) is 11.5 Å². The number of nitriles is 1. The van der Waals surface area contributed by atoms with Gasteiger partial charge in [0.15, 0.2) is 0 Å². The Morgan fingerprint density at radius 3 is 2.63 bits per heavy atom. The highest BCUT2D eigenvalue weighted by molar-refractivity contribution is 7.11. The highest BCUT2D eigenvalue weighted by atomic mass is 32.1. The first-order valence-electron chi connectivity index (χ1n) is 8.99. The second-order valence-electron chi connectivity index (χ2n) is 6.89. The summed E-state index contributed by atoms with van der Waals surface area (Å²) in [6, 6.07) is 16.8. The minimum absolute atomic E-state index is 0.406. The van der Waals surface area contributed by atoms with Gasteiger partial charge >= 0.3 is 0 Å². The van der Waals surface area contributed by atoms with Gasteiger partial charge in [-0.25, -0.2) is 4.98 Å². The van der Waals surface area contributed by atoms with Gasteiger partial charge in [0, 0.05) is 22.8 Å². The molecule has 27 heavy (non-hydrogen) atoms. The van der Waals surface area contributed by atoms with E-state index in [1.54, 1.807) is 6.20 Å². The maximum absolute atomic E-state index is 9.60.